The molecule has 3 N–H and O–H groups in total. The molecule has 1 aliphatic heterocycles. The van der Waals surface area contributed by atoms with E-state index in [-0.39, 0.29) is 11.5 Å². The highest BCUT2D eigenvalue weighted by Crippen LogP contribution is 2.39. The SMILES string of the molecule is CN(C=N)C(=N)C1CCN(c2c(C#N)ccc(F)c2-c2c[nH]c(=O)n3nccc23)CC1. The number of rotatable bonds is 4. The largest absolute Gasteiger partial charge is 0.370 e. The Balaban J connectivity index is 1.78. The summed E-state index contributed by atoms with van der Waals surface area (Å²) in [5.41, 5.74) is 1.51. The van der Waals surface area contributed by atoms with Crippen molar-refractivity contribution in [2.75, 3.05) is 25.0 Å². The van der Waals surface area contributed by atoms with Gasteiger partial charge in [0.1, 0.15) is 17.7 Å². The second-order valence-electron chi connectivity index (χ2n) is 7.45. The molecule has 0 atom stereocenters. The Hall–Kier alpha value is -4.00. The fourth-order valence-corrected chi connectivity index (χ4v) is 4.11. The van der Waals surface area contributed by atoms with Crippen molar-refractivity contribution in [1.82, 2.24) is 19.5 Å². The molecule has 9 nitrogen and oxygen atoms in total. The van der Waals surface area contributed by atoms with Crippen molar-refractivity contribution >= 4 is 23.4 Å². The van der Waals surface area contributed by atoms with E-state index in [1.54, 1.807) is 13.1 Å². The summed E-state index contributed by atoms with van der Waals surface area (Å²) in [6.45, 7) is 1.06. The first-order valence-corrected chi connectivity index (χ1v) is 9.81. The molecule has 1 saturated heterocycles. The van der Waals surface area contributed by atoms with E-state index >= 15 is 4.39 Å². The van der Waals surface area contributed by atoms with Crippen LogP contribution in [0.1, 0.15) is 18.4 Å². The van der Waals surface area contributed by atoms with Gasteiger partial charge < -0.3 is 14.8 Å². The summed E-state index contributed by atoms with van der Waals surface area (Å²) in [7, 11) is 1.67. The second-order valence-corrected chi connectivity index (χ2v) is 7.45. The number of nitriles is 1. The van der Waals surface area contributed by atoms with Crippen molar-refractivity contribution < 1.29 is 4.39 Å². The van der Waals surface area contributed by atoms with Crippen LogP contribution < -0.4 is 10.6 Å². The van der Waals surface area contributed by atoms with Crippen LogP contribution in [-0.2, 0) is 0 Å². The van der Waals surface area contributed by atoms with E-state index in [0.29, 0.717) is 54.1 Å². The van der Waals surface area contributed by atoms with Gasteiger partial charge in [-0.25, -0.2) is 9.18 Å². The summed E-state index contributed by atoms with van der Waals surface area (Å²) in [5.74, 6) is -0.140. The fourth-order valence-electron chi connectivity index (χ4n) is 4.11. The molecule has 158 valence electrons. The molecule has 0 aliphatic carbocycles. The number of H-pyrrole nitrogens is 1. The minimum Gasteiger partial charge on any atom is -0.370 e. The smallest absolute Gasteiger partial charge is 0.346 e. The second kappa shape index (κ2) is 8.02. The van der Waals surface area contributed by atoms with Gasteiger partial charge in [0.2, 0.25) is 0 Å². The third kappa shape index (κ3) is 3.44. The summed E-state index contributed by atoms with van der Waals surface area (Å²) >= 11 is 0. The molecule has 4 rings (SSSR count). The summed E-state index contributed by atoms with van der Waals surface area (Å²) in [5, 5.41) is 29.3. The van der Waals surface area contributed by atoms with E-state index < -0.39 is 11.5 Å². The number of halogens is 1. The van der Waals surface area contributed by atoms with E-state index in [4.69, 9.17) is 10.8 Å². The predicted molar refractivity (Wildman–Crippen MR) is 115 cm³/mol. The van der Waals surface area contributed by atoms with Crippen molar-refractivity contribution in [2.45, 2.75) is 12.8 Å². The lowest BCUT2D eigenvalue weighted by atomic mass is 9.92. The molecule has 3 aromatic rings. The number of nitrogens with one attached hydrogen (secondary N) is 3. The molecule has 10 heteroatoms. The highest BCUT2D eigenvalue weighted by Gasteiger charge is 2.29. The molecule has 0 spiro atoms. The first kappa shape index (κ1) is 20.3. The average molecular weight is 420 g/mol. The van der Waals surface area contributed by atoms with Crippen LogP contribution in [-0.4, -0.2) is 51.8 Å². The predicted octanol–water partition coefficient (Wildman–Crippen LogP) is 2.43. The molecule has 2 aromatic heterocycles. The van der Waals surface area contributed by atoms with Gasteiger partial charge in [0.15, 0.2) is 0 Å². The van der Waals surface area contributed by atoms with Crippen LogP contribution in [0.25, 0.3) is 16.6 Å². The summed E-state index contributed by atoms with van der Waals surface area (Å²) in [4.78, 5) is 18.1. The van der Waals surface area contributed by atoms with Crippen molar-refractivity contribution in [1.29, 1.82) is 16.1 Å². The Kier molecular flexibility index (Phi) is 5.25. The van der Waals surface area contributed by atoms with Crippen LogP contribution in [0.4, 0.5) is 10.1 Å². The third-order valence-corrected chi connectivity index (χ3v) is 5.74. The summed E-state index contributed by atoms with van der Waals surface area (Å²) in [6.07, 6.45) is 5.32. The maximum Gasteiger partial charge on any atom is 0.346 e. The van der Waals surface area contributed by atoms with E-state index in [1.807, 2.05) is 4.90 Å². The van der Waals surface area contributed by atoms with Crippen LogP contribution in [0.5, 0.6) is 0 Å². The highest BCUT2D eigenvalue weighted by atomic mass is 19.1. The standard InChI is InChI=1S/C21H21FN8O/c1-28(12-24)20(25)13-5-8-29(9-6-13)19-14(10-23)2-3-16(22)18(19)15-11-26-21(31)30-17(15)4-7-27-30/h2-4,7,11-13,24-25H,5-6,8-9H2,1H3,(H,26,31). The number of aromatic nitrogens is 3. The van der Waals surface area contributed by atoms with Crippen LogP contribution >= 0.6 is 0 Å². The quantitative estimate of drug-likeness (QED) is 0.441. The van der Waals surface area contributed by atoms with Crippen LogP contribution in [0.3, 0.4) is 0 Å². The van der Waals surface area contributed by atoms with E-state index in [0.717, 1.165) is 6.34 Å². The Morgan fingerprint density at radius 2 is 2.13 bits per heavy atom. The zero-order valence-electron chi connectivity index (χ0n) is 16.9. The zero-order valence-corrected chi connectivity index (χ0v) is 16.9. The van der Waals surface area contributed by atoms with Crippen molar-refractivity contribution in [3.8, 4) is 17.2 Å². The lowest BCUT2D eigenvalue weighted by Gasteiger charge is -2.36. The molecule has 0 amide bonds. The fraction of sp³-hybridized carbons (Fsp3) is 0.286. The normalized spacial score (nSPS) is 14.4. The molecular formula is C21H21FN8O. The van der Waals surface area contributed by atoms with Crippen LogP contribution in [0.15, 0.2) is 35.4 Å². The topological polar surface area (TPSA) is 128 Å². The van der Waals surface area contributed by atoms with E-state index in [1.165, 1.54) is 33.9 Å². The van der Waals surface area contributed by atoms with Crippen LogP contribution in [0, 0.1) is 33.9 Å². The Bertz CT molecular complexity index is 1260. The van der Waals surface area contributed by atoms with Crippen molar-refractivity contribution in [2.24, 2.45) is 5.92 Å². The molecule has 31 heavy (non-hydrogen) atoms. The number of benzene rings is 1. The molecule has 1 aliphatic rings. The van der Waals surface area contributed by atoms with Gasteiger partial charge in [-0.2, -0.15) is 14.9 Å². The van der Waals surface area contributed by atoms with Gasteiger partial charge in [0.25, 0.3) is 0 Å². The van der Waals surface area contributed by atoms with Gasteiger partial charge in [-0.15, -0.1) is 0 Å². The van der Waals surface area contributed by atoms with E-state index in [2.05, 4.69) is 16.2 Å². The van der Waals surface area contributed by atoms with Gasteiger partial charge in [-0.1, -0.05) is 0 Å². The molecular weight excluding hydrogens is 399 g/mol. The highest BCUT2D eigenvalue weighted by molar-refractivity contribution is 5.92. The van der Waals surface area contributed by atoms with Gasteiger partial charge in [0, 0.05) is 43.4 Å². The summed E-state index contributed by atoms with van der Waals surface area (Å²) in [6, 6.07) is 6.52. The van der Waals surface area contributed by atoms with Crippen LogP contribution in [0.2, 0.25) is 0 Å². The number of nitrogens with zero attached hydrogens (tertiary/aromatic N) is 5. The average Bonchev–Trinajstić information content (AvgIpc) is 3.30. The maximum atomic E-state index is 15.2. The minimum absolute atomic E-state index is 0.0139. The number of hydrogen-bond donors (Lipinski definition) is 3. The maximum absolute atomic E-state index is 15.2. The third-order valence-electron chi connectivity index (χ3n) is 5.74. The van der Waals surface area contributed by atoms with Gasteiger partial charge in [-0.05, 0) is 31.0 Å². The lowest BCUT2D eigenvalue weighted by Crippen LogP contribution is -2.41. The van der Waals surface area contributed by atoms with Gasteiger partial charge in [-0.3, -0.25) is 10.8 Å². The first-order valence-electron chi connectivity index (χ1n) is 9.81. The number of amidine groups is 1. The zero-order chi connectivity index (χ0) is 22.1. The van der Waals surface area contributed by atoms with Gasteiger partial charge in [0.05, 0.1) is 29.3 Å². The lowest BCUT2D eigenvalue weighted by molar-refractivity contribution is 0.472. The van der Waals surface area contributed by atoms with Crippen molar-refractivity contribution in [3.63, 3.8) is 0 Å². The monoisotopic (exact) mass is 420 g/mol. The number of hydrogen-bond acceptors (Lipinski definition) is 6. The molecule has 1 aromatic carbocycles. The number of anilines is 1. The van der Waals surface area contributed by atoms with Crippen molar-refractivity contribution in [3.05, 3.63) is 52.5 Å². The van der Waals surface area contributed by atoms with E-state index in [9.17, 15) is 10.1 Å². The molecule has 1 fully saturated rings. The number of piperidine rings is 1. The molecule has 0 bridgehead atoms. The molecule has 0 unspecified atom stereocenters. The minimum atomic E-state index is -0.498. The molecule has 0 radical (unpaired) electrons. The number of fused-ring (bicyclic) bond motifs is 1. The summed E-state index contributed by atoms with van der Waals surface area (Å²) < 4.78 is 16.3. The molecule has 0 saturated carbocycles. The first-order chi connectivity index (χ1) is 15.0. The number of aromatic amines is 1. The Morgan fingerprint density at radius 3 is 2.81 bits per heavy atom. The van der Waals surface area contributed by atoms with Gasteiger partial charge >= 0.3 is 5.69 Å². The Morgan fingerprint density at radius 1 is 1.39 bits per heavy atom. The molecule has 3 heterocycles. The Labute approximate surface area is 177 Å².